The Kier molecular flexibility index (Phi) is 4.31. The predicted octanol–water partition coefficient (Wildman–Crippen LogP) is 1.16. The number of aromatic nitrogens is 2. The van der Waals surface area contributed by atoms with Crippen LogP contribution in [-0.4, -0.2) is 46.9 Å². The van der Waals surface area contributed by atoms with Gasteiger partial charge in [0.1, 0.15) is 10.8 Å². The fourth-order valence-corrected chi connectivity index (χ4v) is 2.28. The van der Waals surface area contributed by atoms with Gasteiger partial charge >= 0.3 is 5.97 Å². The molecule has 0 aliphatic carbocycles. The predicted molar refractivity (Wildman–Crippen MR) is 67.7 cm³/mol. The number of halogens is 1. The van der Waals surface area contributed by atoms with E-state index in [9.17, 15) is 9.59 Å². The molecular weight excluding hydrogens is 270 g/mol. The van der Waals surface area contributed by atoms with Gasteiger partial charge in [-0.05, 0) is 12.8 Å². The van der Waals surface area contributed by atoms with E-state index in [0.29, 0.717) is 13.1 Å². The molecule has 1 aromatic rings. The molecule has 1 amide bonds. The van der Waals surface area contributed by atoms with Crippen LogP contribution in [0.5, 0.6) is 0 Å². The molecule has 1 fully saturated rings. The van der Waals surface area contributed by atoms with Gasteiger partial charge in [-0.1, -0.05) is 11.6 Å². The molecule has 2 heterocycles. The van der Waals surface area contributed by atoms with Crippen LogP contribution in [0, 0.1) is 5.92 Å². The third-order valence-corrected chi connectivity index (χ3v) is 3.25. The number of hydrogen-bond acceptors (Lipinski definition) is 5. The largest absolute Gasteiger partial charge is 0.469 e. The van der Waals surface area contributed by atoms with Crippen molar-refractivity contribution in [3.05, 3.63) is 23.2 Å². The molecule has 6 nitrogen and oxygen atoms in total. The molecule has 1 aromatic heterocycles. The number of carbonyl (C=O) groups is 2. The summed E-state index contributed by atoms with van der Waals surface area (Å²) in [5, 5.41) is 0.173. The Balaban J connectivity index is 2.09. The molecule has 19 heavy (non-hydrogen) atoms. The third kappa shape index (κ3) is 3.20. The second-order valence-corrected chi connectivity index (χ2v) is 4.73. The second kappa shape index (κ2) is 5.97. The first-order valence-electron chi connectivity index (χ1n) is 5.96. The van der Waals surface area contributed by atoms with E-state index in [-0.39, 0.29) is 28.6 Å². The zero-order valence-corrected chi connectivity index (χ0v) is 11.3. The van der Waals surface area contributed by atoms with Crippen LogP contribution in [0.3, 0.4) is 0 Å². The molecule has 1 saturated heterocycles. The summed E-state index contributed by atoms with van der Waals surface area (Å²) in [7, 11) is 1.35. The summed E-state index contributed by atoms with van der Waals surface area (Å²) in [6.45, 7) is 0.945. The van der Waals surface area contributed by atoms with E-state index in [2.05, 4.69) is 9.97 Å². The molecule has 0 bridgehead atoms. The van der Waals surface area contributed by atoms with E-state index in [1.165, 1.54) is 19.5 Å². The highest BCUT2D eigenvalue weighted by atomic mass is 35.5. The van der Waals surface area contributed by atoms with Gasteiger partial charge in [0.15, 0.2) is 0 Å². The van der Waals surface area contributed by atoms with Gasteiger partial charge in [-0.25, -0.2) is 4.98 Å². The van der Waals surface area contributed by atoms with Crippen LogP contribution >= 0.6 is 11.6 Å². The average molecular weight is 284 g/mol. The summed E-state index contributed by atoms with van der Waals surface area (Å²) < 4.78 is 4.72. The fourth-order valence-electron chi connectivity index (χ4n) is 2.13. The lowest BCUT2D eigenvalue weighted by molar-refractivity contribution is -0.146. The van der Waals surface area contributed by atoms with Crippen LogP contribution in [-0.2, 0) is 9.53 Å². The van der Waals surface area contributed by atoms with Crippen LogP contribution in [0.25, 0.3) is 0 Å². The van der Waals surface area contributed by atoms with Crippen molar-refractivity contribution in [3.8, 4) is 0 Å². The van der Waals surface area contributed by atoms with E-state index in [1.807, 2.05) is 0 Å². The van der Waals surface area contributed by atoms with Crippen molar-refractivity contribution >= 4 is 23.5 Å². The number of methoxy groups -OCH3 is 1. The van der Waals surface area contributed by atoms with Gasteiger partial charge in [0.05, 0.1) is 25.4 Å². The van der Waals surface area contributed by atoms with Crippen molar-refractivity contribution in [1.82, 2.24) is 14.9 Å². The number of nitrogens with zero attached hydrogens (tertiary/aromatic N) is 3. The lowest BCUT2D eigenvalue weighted by Gasteiger charge is -2.31. The maximum atomic E-state index is 12.2. The minimum atomic E-state index is -0.283. The molecule has 1 aliphatic heterocycles. The van der Waals surface area contributed by atoms with E-state index in [4.69, 9.17) is 16.3 Å². The maximum Gasteiger partial charge on any atom is 0.310 e. The second-order valence-electron chi connectivity index (χ2n) is 4.34. The Bertz CT molecular complexity index is 495. The number of piperidine rings is 1. The minimum absolute atomic E-state index is 0.173. The Labute approximate surface area is 115 Å². The third-order valence-electron chi connectivity index (χ3n) is 3.07. The van der Waals surface area contributed by atoms with Gasteiger partial charge in [-0.15, -0.1) is 0 Å². The van der Waals surface area contributed by atoms with E-state index >= 15 is 0 Å². The van der Waals surface area contributed by atoms with Gasteiger partial charge in [0, 0.05) is 13.1 Å². The lowest BCUT2D eigenvalue weighted by atomic mass is 9.98. The smallest absolute Gasteiger partial charge is 0.310 e. The standard InChI is InChI=1S/C12H14ClN3O3/c1-19-12(18)8-3-2-4-16(7-8)11(17)9-5-14-6-10(13)15-9/h5-6,8H,2-4,7H2,1H3. The van der Waals surface area contributed by atoms with Gasteiger partial charge in [0.25, 0.3) is 5.91 Å². The number of carbonyl (C=O) groups excluding carboxylic acids is 2. The Morgan fingerprint density at radius 3 is 2.95 bits per heavy atom. The van der Waals surface area contributed by atoms with Crippen molar-refractivity contribution < 1.29 is 14.3 Å². The van der Waals surface area contributed by atoms with Crippen molar-refractivity contribution in [1.29, 1.82) is 0 Å². The van der Waals surface area contributed by atoms with Crippen LogP contribution in [0.1, 0.15) is 23.3 Å². The van der Waals surface area contributed by atoms with Crippen molar-refractivity contribution in [2.45, 2.75) is 12.8 Å². The Hall–Kier alpha value is -1.69. The van der Waals surface area contributed by atoms with Gasteiger partial charge in [0.2, 0.25) is 0 Å². The average Bonchev–Trinajstić information content (AvgIpc) is 2.45. The molecule has 1 atom stereocenters. The normalized spacial score (nSPS) is 19.1. The Morgan fingerprint density at radius 2 is 2.26 bits per heavy atom. The molecule has 0 spiro atoms. The highest BCUT2D eigenvalue weighted by Crippen LogP contribution is 2.19. The zero-order valence-electron chi connectivity index (χ0n) is 10.5. The SMILES string of the molecule is COC(=O)C1CCCN(C(=O)c2cncc(Cl)n2)C1. The molecule has 0 N–H and O–H groups in total. The molecule has 0 aromatic carbocycles. The summed E-state index contributed by atoms with van der Waals surface area (Å²) in [5.74, 6) is -0.812. The molecule has 0 radical (unpaired) electrons. The van der Waals surface area contributed by atoms with Crippen molar-refractivity contribution in [3.63, 3.8) is 0 Å². The quantitative estimate of drug-likeness (QED) is 0.762. The van der Waals surface area contributed by atoms with Crippen LogP contribution in [0.4, 0.5) is 0 Å². The number of amides is 1. The first kappa shape index (κ1) is 13.7. The zero-order chi connectivity index (χ0) is 13.8. The lowest BCUT2D eigenvalue weighted by Crippen LogP contribution is -2.43. The van der Waals surface area contributed by atoms with Crippen LogP contribution in [0.2, 0.25) is 5.15 Å². The van der Waals surface area contributed by atoms with E-state index in [0.717, 1.165) is 12.8 Å². The van der Waals surface area contributed by atoms with Crippen LogP contribution < -0.4 is 0 Å². The van der Waals surface area contributed by atoms with Crippen molar-refractivity contribution in [2.75, 3.05) is 20.2 Å². The first-order valence-corrected chi connectivity index (χ1v) is 6.34. The molecule has 102 valence electrons. The van der Waals surface area contributed by atoms with Crippen molar-refractivity contribution in [2.24, 2.45) is 5.92 Å². The van der Waals surface area contributed by atoms with E-state index < -0.39 is 0 Å². The molecule has 7 heteroatoms. The monoisotopic (exact) mass is 283 g/mol. The van der Waals surface area contributed by atoms with Gasteiger partial charge < -0.3 is 9.64 Å². The van der Waals surface area contributed by atoms with Gasteiger partial charge in [-0.2, -0.15) is 0 Å². The molecule has 2 rings (SSSR count). The number of ether oxygens (including phenoxy) is 1. The number of likely N-dealkylation sites (tertiary alicyclic amines) is 1. The summed E-state index contributed by atoms with van der Waals surface area (Å²) in [5.41, 5.74) is 0.193. The molecule has 0 saturated carbocycles. The number of rotatable bonds is 2. The summed E-state index contributed by atoms with van der Waals surface area (Å²) >= 11 is 5.71. The summed E-state index contributed by atoms with van der Waals surface area (Å²) in [6, 6.07) is 0. The summed E-state index contributed by atoms with van der Waals surface area (Å²) in [6.07, 6.45) is 4.24. The topological polar surface area (TPSA) is 72.4 Å². The number of hydrogen-bond donors (Lipinski definition) is 0. The highest BCUT2D eigenvalue weighted by molar-refractivity contribution is 6.29. The Morgan fingerprint density at radius 1 is 1.47 bits per heavy atom. The van der Waals surface area contributed by atoms with E-state index in [1.54, 1.807) is 4.90 Å². The molecule has 1 unspecified atom stereocenters. The number of esters is 1. The highest BCUT2D eigenvalue weighted by Gasteiger charge is 2.30. The maximum absolute atomic E-state index is 12.2. The molecule has 1 aliphatic rings. The van der Waals surface area contributed by atoms with Crippen LogP contribution in [0.15, 0.2) is 12.4 Å². The summed E-state index contributed by atoms with van der Waals surface area (Å²) in [4.78, 5) is 33.1. The van der Waals surface area contributed by atoms with Gasteiger partial charge in [-0.3, -0.25) is 14.6 Å². The molecular formula is C12H14ClN3O3. The fraction of sp³-hybridized carbons (Fsp3) is 0.500. The minimum Gasteiger partial charge on any atom is -0.469 e. The first-order chi connectivity index (χ1) is 9.11.